The maximum atomic E-state index is 13.0. The van der Waals surface area contributed by atoms with Crippen molar-refractivity contribution < 1.29 is 24.2 Å². The van der Waals surface area contributed by atoms with Crippen molar-refractivity contribution in [1.29, 1.82) is 0 Å². The zero-order valence-electron chi connectivity index (χ0n) is 19.2. The summed E-state index contributed by atoms with van der Waals surface area (Å²) in [5.74, 6) is -1.04. The molecule has 0 fully saturated rings. The van der Waals surface area contributed by atoms with E-state index in [4.69, 9.17) is 9.47 Å². The highest BCUT2D eigenvalue weighted by molar-refractivity contribution is 5.85. The summed E-state index contributed by atoms with van der Waals surface area (Å²) in [7, 11) is 1.29. The highest BCUT2D eigenvalue weighted by Gasteiger charge is 2.41. The molecule has 0 aromatic heterocycles. The van der Waals surface area contributed by atoms with Crippen LogP contribution in [-0.4, -0.2) is 41.8 Å². The fraction of sp³-hybridized carbons (Fsp3) is 0.286. The standard InChI is InChI=1S/C28H29NO5/c1-33-28(32)29(26-23-15-7-5-13-21(23)22-14-6-8-16-24(22)26)25(27(30)31)17-9-10-18-34-19-20-11-3-2-4-12-20/h2-8,11-16,25-26H,9-10,17-19H2,1H3,(H,30,31)/t25-/m0/s1. The van der Waals surface area contributed by atoms with Crippen molar-refractivity contribution in [3.63, 3.8) is 0 Å². The summed E-state index contributed by atoms with van der Waals surface area (Å²) in [5.41, 5.74) is 4.94. The highest BCUT2D eigenvalue weighted by atomic mass is 16.5. The maximum absolute atomic E-state index is 13.0. The molecular formula is C28H29NO5. The van der Waals surface area contributed by atoms with Gasteiger partial charge in [0.1, 0.15) is 6.04 Å². The van der Waals surface area contributed by atoms with Crippen LogP contribution in [-0.2, 0) is 20.9 Å². The fourth-order valence-electron chi connectivity index (χ4n) is 4.63. The van der Waals surface area contributed by atoms with E-state index in [1.54, 1.807) is 0 Å². The van der Waals surface area contributed by atoms with Crippen LogP contribution in [0.25, 0.3) is 11.1 Å². The topological polar surface area (TPSA) is 76.1 Å². The number of hydrogen-bond acceptors (Lipinski definition) is 4. The second-order valence-electron chi connectivity index (χ2n) is 8.34. The molecule has 0 radical (unpaired) electrons. The Kier molecular flexibility index (Phi) is 7.60. The molecule has 6 heteroatoms. The van der Waals surface area contributed by atoms with Crippen molar-refractivity contribution in [2.75, 3.05) is 13.7 Å². The number of benzene rings is 3. The molecule has 0 unspecified atom stereocenters. The van der Waals surface area contributed by atoms with Gasteiger partial charge >= 0.3 is 12.1 Å². The second-order valence-corrected chi connectivity index (χ2v) is 8.34. The van der Waals surface area contributed by atoms with Crippen molar-refractivity contribution in [3.8, 4) is 11.1 Å². The first-order valence-electron chi connectivity index (χ1n) is 11.5. The van der Waals surface area contributed by atoms with Gasteiger partial charge in [0.15, 0.2) is 0 Å². The van der Waals surface area contributed by atoms with Crippen LogP contribution in [0.5, 0.6) is 0 Å². The maximum Gasteiger partial charge on any atom is 0.411 e. The molecule has 1 atom stereocenters. The van der Waals surface area contributed by atoms with Crippen LogP contribution in [0.1, 0.15) is 42.0 Å². The normalized spacial score (nSPS) is 13.1. The molecule has 4 rings (SSSR count). The predicted molar refractivity (Wildman–Crippen MR) is 129 cm³/mol. The number of methoxy groups -OCH3 is 1. The number of carboxylic acids is 1. The number of amides is 1. The van der Waals surface area contributed by atoms with Gasteiger partial charge in [-0.1, -0.05) is 78.9 Å². The minimum atomic E-state index is -1.04. The summed E-state index contributed by atoms with van der Waals surface area (Å²) < 4.78 is 10.8. The van der Waals surface area contributed by atoms with Gasteiger partial charge in [0, 0.05) is 6.61 Å². The molecule has 0 saturated carbocycles. The van der Waals surface area contributed by atoms with Crippen LogP contribution >= 0.6 is 0 Å². The van der Waals surface area contributed by atoms with Gasteiger partial charge in [0.25, 0.3) is 0 Å². The minimum Gasteiger partial charge on any atom is -0.480 e. The third-order valence-corrected chi connectivity index (χ3v) is 6.21. The molecule has 3 aromatic rings. The molecule has 0 bridgehead atoms. The molecule has 1 aliphatic carbocycles. The molecule has 1 amide bonds. The number of nitrogens with zero attached hydrogens (tertiary/aromatic N) is 1. The van der Waals surface area contributed by atoms with Gasteiger partial charge in [-0.3, -0.25) is 4.90 Å². The Morgan fingerprint density at radius 2 is 1.47 bits per heavy atom. The molecule has 1 N–H and O–H groups in total. The fourth-order valence-corrected chi connectivity index (χ4v) is 4.63. The first-order chi connectivity index (χ1) is 16.6. The van der Waals surface area contributed by atoms with E-state index in [1.165, 1.54) is 12.0 Å². The van der Waals surface area contributed by atoms with Gasteiger partial charge < -0.3 is 14.6 Å². The number of unbranched alkanes of at least 4 members (excludes halogenated alkanes) is 1. The number of carbonyl (C=O) groups excluding carboxylic acids is 1. The van der Waals surface area contributed by atoms with Gasteiger partial charge in [-0.25, -0.2) is 9.59 Å². The summed E-state index contributed by atoms with van der Waals surface area (Å²) in [6.45, 7) is 1.04. The Bertz CT molecular complexity index is 1080. The SMILES string of the molecule is COC(=O)N(C1c2ccccc2-c2ccccc21)[C@@H](CCCCOCc1ccccc1)C(=O)O. The number of ether oxygens (including phenoxy) is 2. The van der Waals surface area contributed by atoms with Crippen molar-refractivity contribution in [1.82, 2.24) is 4.90 Å². The first-order valence-corrected chi connectivity index (χ1v) is 11.5. The van der Waals surface area contributed by atoms with Crippen LogP contribution in [0.15, 0.2) is 78.9 Å². The third-order valence-electron chi connectivity index (χ3n) is 6.21. The van der Waals surface area contributed by atoms with Crippen LogP contribution in [0, 0.1) is 0 Å². The minimum absolute atomic E-state index is 0.306. The van der Waals surface area contributed by atoms with E-state index >= 15 is 0 Å². The predicted octanol–water partition coefficient (Wildman–Crippen LogP) is 5.67. The van der Waals surface area contributed by atoms with E-state index in [0.717, 1.165) is 27.8 Å². The van der Waals surface area contributed by atoms with Crippen LogP contribution in [0.3, 0.4) is 0 Å². The zero-order valence-corrected chi connectivity index (χ0v) is 19.2. The lowest BCUT2D eigenvalue weighted by Crippen LogP contribution is -2.47. The Labute approximate surface area is 199 Å². The molecule has 0 saturated heterocycles. The van der Waals surface area contributed by atoms with Crippen molar-refractivity contribution >= 4 is 12.1 Å². The van der Waals surface area contributed by atoms with Gasteiger partial charge in [-0.15, -0.1) is 0 Å². The average molecular weight is 460 g/mol. The molecule has 6 nitrogen and oxygen atoms in total. The smallest absolute Gasteiger partial charge is 0.411 e. The van der Waals surface area contributed by atoms with Gasteiger partial charge in [0.05, 0.1) is 19.8 Å². The van der Waals surface area contributed by atoms with E-state index in [1.807, 2.05) is 78.9 Å². The number of fused-ring (bicyclic) bond motifs is 3. The molecule has 3 aromatic carbocycles. The van der Waals surface area contributed by atoms with Crippen molar-refractivity contribution in [3.05, 3.63) is 95.6 Å². The number of hydrogen-bond donors (Lipinski definition) is 1. The quantitative estimate of drug-likeness (QED) is 0.396. The molecule has 34 heavy (non-hydrogen) atoms. The monoisotopic (exact) mass is 459 g/mol. The Morgan fingerprint density at radius 1 is 0.882 bits per heavy atom. The van der Waals surface area contributed by atoms with Crippen LogP contribution < -0.4 is 0 Å². The van der Waals surface area contributed by atoms with E-state index in [9.17, 15) is 14.7 Å². The van der Waals surface area contributed by atoms with Gasteiger partial charge in [-0.2, -0.15) is 0 Å². The van der Waals surface area contributed by atoms with Crippen molar-refractivity contribution in [2.24, 2.45) is 0 Å². The third kappa shape index (κ3) is 4.97. The summed E-state index contributed by atoms with van der Waals surface area (Å²) in [5, 5.41) is 10.1. The lowest BCUT2D eigenvalue weighted by atomic mass is 9.99. The van der Waals surface area contributed by atoms with Crippen LogP contribution in [0.2, 0.25) is 0 Å². The Balaban J connectivity index is 1.49. The number of aliphatic carboxylic acids is 1. The molecule has 1 aliphatic rings. The average Bonchev–Trinajstić information content (AvgIpc) is 3.20. The van der Waals surface area contributed by atoms with Gasteiger partial charge in [0.2, 0.25) is 0 Å². The van der Waals surface area contributed by atoms with E-state index in [-0.39, 0.29) is 0 Å². The van der Waals surface area contributed by atoms with Gasteiger partial charge in [-0.05, 0) is 47.1 Å². The lowest BCUT2D eigenvalue weighted by molar-refractivity contribution is -0.143. The summed E-state index contributed by atoms with van der Waals surface area (Å²) in [6.07, 6.45) is 0.961. The lowest BCUT2D eigenvalue weighted by Gasteiger charge is -2.34. The first kappa shape index (κ1) is 23.5. The molecular weight excluding hydrogens is 430 g/mol. The summed E-state index contributed by atoms with van der Waals surface area (Å²) >= 11 is 0. The highest BCUT2D eigenvalue weighted by Crippen LogP contribution is 2.47. The zero-order chi connectivity index (χ0) is 23.9. The number of carboxylic acid groups (broad SMARTS) is 1. The molecule has 0 heterocycles. The molecule has 0 aliphatic heterocycles. The van der Waals surface area contributed by atoms with E-state index in [2.05, 4.69) is 0 Å². The van der Waals surface area contributed by atoms with E-state index in [0.29, 0.717) is 32.5 Å². The molecule has 176 valence electrons. The second kappa shape index (κ2) is 11.0. The van der Waals surface area contributed by atoms with E-state index < -0.39 is 24.1 Å². The summed E-state index contributed by atoms with van der Waals surface area (Å²) in [6, 6.07) is 24.0. The Hall–Kier alpha value is -3.64. The summed E-state index contributed by atoms with van der Waals surface area (Å²) in [4.78, 5) is 26.7. The van der Waals surface area contributed by atoms with Crippen LogP contribution in [0.4, 0.5) is 4.79 Å². The van der Waals surface area contributed by atoms with Crippen molar-refractivity contribution in [2.45, 2.75) is 38.0 Å². The largest absolute Gasteiger partial charge is 0.480 e. The molecule has 0 spiro atoms. The Morgan fingerprint density at radius 3 is 2.06 bits per heavy atom. The number of rotatable bonds is 10. The number of carbonyl (C=O) groups is 2.